The van der Waals surface area contributed by atoms with Crippen LogP contribution in [0, 0.1) is 0 Å². The van der Waals surface area contributed by atoms with Crippen molar-refractivity contribution in [1.82, 2.24) is 15.6 Å². The molecular weight excluding hydrogens is 897 g/mol. The molecule has 1 aromatic heterocycles. The number of hydrogen-bond acceptors (Lipinski definition) is 8. The predicted molar refractivity (Wildman–Crippen MR) is 282 cm³/mol. The summed E-state index contributed by atoms with van der Waals surface area (Å²) in [6.45, 7) is 17.7. The van der Waals surface area contributed by atoms with Crippen LogP contribution >= 0.6 is 0 Å². The number of amides is 2. The van der Waals surface area contributed by atoms with Crippen molar-refractivity contribution >= 4 is 43.2 Å². The molecule has 5 aromatic carbocycles. The molecule has 368 valence electrons. The van der Waals surface area contributed by atoms with E-state index >= 15 is 0 Å². The summed E-state index contributed by atoms with van der Waals surface area (Å²) >= 11 is 0. The van der Waals surface area contributed by atoms with Gasteiger partial charge in [-0.25, -0.2) is 9.59 Å². The Morgan fingerprint density at radius 1 is 0.829 bits per heavy atom. The van der Waals surface area contributed by atoms with E-state index in [-0.39, 0.29) is 34.5 Å². The quantitative estimate of drug-likeness (QED) is 0.0594. The number of nitrogens with one attached hydrogen (secondary N) is 3. The molecule has 0 bridgehead atoms. The molecule has 0 saturated heterocycles. The van der Waals surface area contributed by atoms with E-state index in [0.29, 0.717) is 56.4 Å². The Kier molecular flexibility index (Phi) is 16.1. The van der Waals surface area contributed by atoms with Crippen molar-refractivity contribution < 1.29 is 33.7 Å². The normalized spacial score (nSPS) is 15.9. The van der Waals surface area contributed by atoms with Crippen LogP contribution in [0.2, 0.25) is 18.1 Å². The number of fused-ring (bicyclic) bond motifs is 1. The molecule has 1 aliphatic rings. The number of phenolic OH excluding ortho intramolecular Hbond substituents is 1. The average Bonchev–Trinajstić information content (AvgIpc) is 3.30. The maximum Gasteiger partial charge on any atom is 0.412 e. The molecule has 12 nitrogen and oxygen atoms in total. The summed E-state index contributed by atoms with van der Waals surface area (Å²) in [5.74, 6) is 1.46. The number of phenols is 1. The van der Waals surface area contributed by atoms with Crippen LogP contribution < -0.4 is 25.8 Å². The van der Waals surface area contributed by atoms with Gasteiger partial charge in [-0.2, -0.15) is 0 Å². The minimum absolute atomic E-state index is 0.0230. The smallest absolute Gasteiger partial charge is 0.412 e. The Balaban J connectivity index is 0.964. The van der Waals surface area contributed by atoms with Crippen LogP contribution in [-0.4, -0.2) is 59.9 Å². The van der Waals surface area contributed by atoms with E-state index < -0.39 is 26.1 Å². The van der Waals surface area contributed by atoms with E-state index in [0.717, 1.165) is 50.3 Å². The van der Waals surface area contributed by atoms with Gasteiger partial charge in [0.1, 0.15) is 22.8 Å². The van der Waals surface area contributed by atoms with E-state index in [1.165, 1.54) is 11.0 Å². The third kappa shape index (κ3) is 13.3. The van der Waals surface area contributed by atoms with Gasteiger partial charge < -0.3 is 39.7 Å². The zero-order valence-corrected chi connectivity index (χ0v) is 42.7. The largest absolute Gasteiger partial charge is 0.506 e. The van der Waals surface area contributed by atoms with E-state index in [4.69, 9.17) is 13.9 Å². The van der Waals surface area contributed by atoms with Gasteiger partial charge in [0.15, 0.2) is 8.32 Å². The molecule has 1 fully saturated rings. The highest BCUT2D eigenvalue weighted by Gasteiger charge is 2.40. The van der Waals surface area contributed by atoms with Crippen molar-refractivity contribution in [1.29, 1.82) is 0 Å². The van der Waals surface area contributed by atoms with Gasteiger partial charge in [-0.05, 0) is 141 Å². The number of anilines is 1. The van der Waals surface area contributed by atoms with Gasteiger partial charge in [0.05, 0.1) is 17.3 Å². The lowest BCUT2D eigenvalue weighted by molar-refractivity contribution is 0.0490. The van der Waals surface area contributed by atoms with Gasteiger partial charge >= 0.3 is 12.2 Å². The number of H-pyrrole nitrogens is 1. The molecule has 70 heavy (non-hydrogen) atoms. The zero-order valence-electron chi connectivity index (χ0n) is 41.7. The molecule has 1 atom stereocenters. The Hall–Kier alpha value is -6.67. The van der Waals surface area contributed by atoms with Crippen LogP contribution in [0.4, 0.5) is 15.3 Å². The molecule has 0 radical (unpaired) electrons. The lowest BCUT2D eigenvalue weighted by Gasteiger charge is -2.39. The highest BCUT2D eigenvalue weighted by molar-refractivity contribution is 6.74. The van der Waals surface area contributed by atoms with Crippen molar-refractivity contribution in [3.63, 3.8) is 0 Å². The molecule has 6 aromatic rings. The maximum absolute atomic E-state index is 13.1. The number of allylic oxidation sites excluding steroid dienone is 1. The maximum atomic E-state index is 13.1. The topological polar surface area (TPSA) is 162 Å². The Morgan fingerprint density at radius 3 is 2.11 bits per heavy atom. The predicted octanol–water partition coefficient (Wildman–Crippen LogP) is 13.1. The van der Waals surface area contributed by atoms with Crippen LogP contribution in [0.25, 0.3) is 28.1 Å². The second-order valence-corrected chi connectivity index (χ2v) is 25.5. The summed E-state index contributed by atoms with van der Waals surface area (Å²) in [7, 11) is -2.22. The van der Waals surface area contributed by atoms with Crippen molar-refractivity contribution in [2.45, 2.75) is 122 Å². The fourth-order valence-corrected chi connectivity index (χ4v) is 9.87. The van der Waals surface area contributed by atoms with Gasteiger partial charge in [0.2, 0.25) is 5.56 Å². The number of aromatic hydroxyl groups is 1. The van der Waals surface area contributed by atoms with Crippen molar-refractivity contribution in [2.75, 3.05) is 11.4 Å². The fourth-order valence-electron chi connectivity index (χ4n) is 8.59. The molecule has 1 saturated carbocycles. The van der Waals surface area contributed by atoms with Gasteiger partial charge in [0, 0.05) is 42.2 Å². The number of aromatic amines is 1. The number of carboxylic acid groups (broad SMARTS) is 1. The fraction of sp³-hybridized carbons (Fsp3) is 0.351. The number of pyridine rings is 1. The lowest BCUT2D eigenvalue weighted by atomic mass is 9.89. The Labute approximate surface area is 412 Å². The number of nitrogens with zero attached hydrogens (tertiary/aromatic N) is 1. The summed E-state index contributed by atoms with van der Waals surface area (Å²) in [4.78, 5) is 42.0. The molecule has 2 amide bonds. The van der Waals surface area contributed by atoms with E-state index in [1.807, 2.05) is 130 Å². The molecule has 1 aliphatic carbocycles. The minimum atomic E-state index is -2.22. The van der Waals surface area contributed by atoms with Crippen molar-refractivity contribution in [3.8, 4) is 28.4 Å². The standard InChI is InChI=1S/C57H68N4O8Si/c1-56(2,3)68-54(64)59-42-22-24-43(25-23-42)61(55(65)66)49-35-39(21-30-46(49)41-15-10-9-11-16-41)14-12-13-38-17-26-44(27-18-38)67-45-28-19-40(20-29-45)36-58-37-51(69-70(7,8)57(4,5)6)47-31-33-50(62)53-48(47)32-34-52(63)60-53/h9-12,14-21,26-35,42-43,51,58,62H,13,22-25,36-37H2,1-8H3,(H,59,64)(H,60,63)(H,65,66)/b14-12+/t42?,43?,51-/m1/s1. The van der Waals surface area contributed by atoms with E-state index in [1.54, 1.807) is 12.1 Å². The first-order valence-corrected chi connectivity index (χ1v) is 27.1. The number of hydrogen-bond donors (Lipinski definition) is 5. The zero-order chi connectivity index (χ0) is 50.2. The molecule has 13 heteroatoms. The molecule has 5 N–H and O–H groups in total. The molecule has 0 aliphatic heterocycles. The van der Waals surface area contributed by atoms with Crippen LogP contribution in [0.1, 0.15) is 95.6 Å². The lowest BCUT2D eigenvalue weighted by Crippen LogP contribution is -2.47. The SMILES string of the molecule is CC(C)(C)OC(=O)NC1CCC(N(C(=O)O)c2cc(/C=C/Cc3ccc(Oc4ccc(CNC[C@@H](O[Si](C)(C)C(C)(C)C)c5ccc(O)c6[nH]c(=O)ccc56)cc4)cc3)ccc2-c2ccccc2)CC1. The summed E-state index contributed by atoms with van der Waals surface area (Å²) < 4.78 is 18.6. The second-order valence-electron chi connectivity index (χ2n) is 20.7. The van der Waals surface area contributed by atoms with Crippen molar-refractivity contribution in [2.24, 2.45) is 0 Å². The van der Waals surface area contributed by atoms with Crippen LogP contribution in [0.5, 0.6) is 17.2 Å². The number of carbonyl (C=O) groups excluding carboxylic acids is 1. The highest BCUT2D eigenvalue weighted by atomic mass is 28.4. The number of ether oxygens (including phenoxy) is 2. The van der Waals surface area contributed by atoms with Crippen molar-refractivity contribution in [3.05, 3.63) is 160 Å². The number of benzene rings is 5. The third-order valence-corrected chi connectivity index (χ3v) is 17.7. The van der Waals surface area contributed by atoms with E-state index in [2.05, 4.69) is 55.6 Å². The first-order chi connectivity index (χ1) is 33.2. The van der Waals surface area contributed by atoms with E-state index in [9.17, 15) is 24.6 Å². The highest BCUT2D eigenvalue weighted by Crippen LogP contribution is 2.42. The summed E-state index contributed by atoms with van der Waals surface area (Å²) in [5, 5.41) is 28.5. The first kappa shape index (κ1) is 51.2. The Morgan fingerprint density at radius 2 is 1.49 bits per heavy atom. The van der Waals surface area contributed by atoms with Gasteiger partial charge in [-0.15, -0.1) is 0 Å². The minimum Gasteiger partial charge on any atom is -0.506 e. The molecular formula is C57H68N4O8Si. The number of carbonyl (C=O) groups is 2. The number of aromatic nitrogens is 1. The molecule has 7 rings (SSSR count). The molecule has 1 heterocycles. The first-order valence-electron chi connectivity index (χ1n) is 24.2. The summed E-state index contributed by atoms with van der Waals surface area (Å²) in [5.41, 5.74) is 5.92. The van der Waals surface area contributed by atoms with Crippen LogP contribution in [0.15, 0.2) is 132 Å². The van der Waals surface area contributed by atoms with Crippen LogP contribution in [-0.2, 0) is 22.1 Å². The monoisotopic (exact) mass is 964 g/mol. The summed E-state index contributed by atoms with van der Waals surface area (Å²) in [6.07, 6.45) is 5.50. The number of rotatable bonds is 16. The Bertz CT molecular complexity index is 2820. The molecule has 0 spiro atoms. The number of alkyl carbamates (subject to hydrolysis) is 1. The van der Waals surface area contributed by atoms with Gasteiger partial charge in [0.25, 0.3) is 0 Å². The van der Waals surface area contributed by atoms with Crippen LogP contribution in [0.3, 0.4) is 0 Å². The molecule has 0 unspecified atom stereocenters. The second kappa shape index (κ2) is 22.0. The average molecular weight is 965 g/mol. The third-order valence-electron chi connectivity index (χ3n) is 13.3. The summed E-state index contributed by atoms with van der Waals surface area (Å²) in [6, 6.07) is 38.2. The van der Waals surface area contributed by atoms with Gasteiger partial charge in [-0.3, -0.25) is 9.69 Å². The van der Waals surface area contributed by atoms with Gasteiger partial charge in [-0.1, -0.05) is 106 Å².